The van der Waals surface area contributed by atoms with E-state index in [-0.39, 0.29) is 133 Å². The third-order valence-corrected chi connectivity index (χ3v) is 13.0. The van der Waals surface area contributed by atoms with E-state index in [1.54, 1.807) is 31.7 Å². The maximum atomic E-state index is 14.0. The Kier molecular flexibility index (Phi) is 22.2. The van der Waals surface area contributed by atoms with Gasteiger partial charge in [-0.2, -0.15) is 11.8 Å². The quantitative estimate of drug-likeness (QED) is 0.0586. The molecule has 67 heavy (non-hydrogen) atoms. The van der Waals surface area contributed by atoms with Crippen molar-refractivity contribution in [3.63, 3.8) is 0 Å². The smallest absolute Gasteiger partial charge is 0.317 e. The molecule has 0 aliphatic carbocycles. The zero-order valence-electron chi connectivity index (χ0n) is 38.5. The largest absolute Gasteiger partial charge is 0.480 e. The fourth-order valence-electron chi connectivity index (χ4n) is 8.52. The maximum Gasteiger partial charge on any atom is 0.317 e. The average Bonchev–Trinajstić information content (AvgIpc) is 3.60. The number of carboxylic acid groups (broad SMARTS) is 3. The van der Waals surface area contributed by atoms with E-state index in [1.165, 1.54) is 30.8 Å². The van der Waals surface area contributed by atoms with E-state index in [0.717, 1.165) is 16.0 Å². The Balaban J connectivity index is 1.35. The minimum absolute atomic E-state index is 0.0195. The number of nitrogens with zero attached hydrogens (tertiary/aromatic N) is 6. The highest BCUT2D eigenvalue weighted by atomic mass is 32.2. The van der Waals surface area contributed by atoms with Gasteiger partial charge < -0.3 is 25.5 Å². The first-order valence-corrected chi connectivity index (χ1v) is 24.1. The first-order chi connectivity index (χ1) is 31.9. The zero-order chi connectivity index (χ0) is 49.0. The summed E-state index contributed by atoms with van der Waals surface area (Å²) in [5, 5.41) is 31.3. The SMILES string of the molecule is CSCC[C@H](CC(=O)c1cccc2c1CCN(C(=O)CN1CCN(CC(=O)O)CCN(CC(=O)O)CCN(CC(=O)O)CC1)C2)C(=O)NCC(=O)C[C@@H](CCCCN1C(=O)C=CC1=O)C(C)=O. The van der Waals surface area contributed by atoms with Gasteiger partial charge in [-0.25, -0.2) is 0 Å². The van der Waals surface area contributed by atoms with Gasteiger partial charge in [0.25, 0.3) is 11.8 Å². The third kappa shape index (κ3) is 18.3. The highest BCUT2D eigenvalue weighted by Gasteiger charge is 2.30. The van der Waals surface area contributed by atoms with E-state index in [4.69, 9.17) is 0 Å². The van der Waals surface area contributed by atoms with Crippen molar-refractivity contribution in [2.75, 3.05) is 110 Å². The number of imide groups is 1. The number of fused-ring (bicyclic) bond motifs is 1. The lowest BCUT2D eigenvalue weighted by Gasteiger charge is -2.35. The molecule has 3 aliphatic rings. The van der Waals surface area contributed by atoms with Crippen molar-refractivity contribution in [3.05, 3.63) is 47.0 Å². The van der Waals surface area contributed by atoms with Crippen LogP contribution >= 0.6 is 11.8 Å². The molecule has 0 radical (unpaired) electrons. The molecule has 368 valence electrons. The van der Waals surface area contributed by atoms with Crippen LogP contribution in [0.15, 0.2) is 30.4 Å². The lowest BCUT2D eigenvalue weighted by molar-refractivity contribution is -0.141. The molecule has 20 nitrogen and oxygen atoms in total. The highest BCUT2D eigenvalue weighted by molar-refractivity contribution is 7.98. The molecule has 4 N–H and O–H groups in total. The van der Waals surface area contributed by atoms with E-state index >= 15 is 0 Å². The zero-order valence-corrected chi connectivity index (χ0v) is 39.3. The Bertz CT molecular complexity index is 1960. The summed E-state index contributed by atoms with van der Waals surface area (Å²) >= 11 is 1.52. The summed E-state index contributed by atoms with van der Waals surface area (Å²) < 4.78 is 0. The van der Waals surface area contributed by atoms with Crippen LogP contribution < -0.4 is 5.32 Å². The number of carbonyl (C=O) groups is 10. The fourth-order valence-corrected chi connectivity index (χ4v) is 9.04. The molecule has 3 aliphatic heterocycles. The van der Waals surface area contributed by atoms with Crippen LogP contribution in [0.4, 0.5) is 0 Å². The lowest BCUT2D eigenvalue weighted by Crippen LogP contribution is -2.50. The van der Waals surface area contributed by atoms with Crippen molar-refractivity contribution in [2.24, 2.45) is 11.8 Å². The Morgan fingerprint density at radius 1 is 0.687 bits per heavy atom. The predicted molar refractivity (Wildman–Crippen MR) is 246 cm³/mol. The Morgan fingerprint density at radius 3 is 1.73 bits per heavy atom. The van der Waals surface area contributed by atoms with E-state index in [0.29, 0.717) is 63.1 Å². The fraction of sp³-hybridized carbons (Fsp3) is 0.609. The van der Waals surface area contributed by atoms with Gasteiger partial charge in [-0.3, -0.25) is 72.4 Å². The van der Waals surface area contributed by atoms with Crippen LogP contribution in [0.2, 0.25) is 0 Å². The van der Waals surface area contributed by atoms with E-state index in [2.05, 4.69) is 5.32 Å². The summed E-state index contributed by atoms with van der Waals surface area (Å²) in [7, 11) is 0. The second-order valence-corrected chi connectivity index (χ2v) is 18.3. The lowest BCUT2D eigenvalue weighted by atomic mass is 9.88. The van der Waals surface area contributed by atoms with E-state index in [1.807, 2.05) is 17.2 Å². The van der Waals surface area contributed by atoms with Gasteiger partial charge in [0.05, 0.1) is 32.7 Å². The van der Waals surface area contributed by atoms with Crippen molar-refractivity contribution < 1.29 is 63.3 Å². The normalized spacial score (nSPS) is 17.8. The van der Waals surface area contributed by atoms with Crippen LogP contribution in [-0.4, -0.2) is 214 Å². The molecule has 0 spiro atoms. The first-order valence-electron chi connectivity index (χ1n) is 22.7. The van der Waals surface area contributed by atoms with Crippen molar-refractivity contribution >= 4 is 70.6 Å². The summed E-state index contributed by atoms with van der Waals surface area (Å²) in [6.07, 6.45) is 6.29. The topological polar surface area (TPSA) is 263 Å². The molecule has 4 rings (SSSR count). The molecule has 0 bridgehead atoms. The molecular formula is C46H65N7O13S. The standard InChI is InChI=1S/C46H65N7O13S/c1-32(54)33(6-3-4-13-53-40(57)9-10-41(53)58)24-36(55)26-47-46(66)34(12-23-67-2)25-39(56)38-8-5-7-35-27-52(14-11-37(35)38)42(59)28-48-15-17-49(29-43(60)61)19-21-51(31-45(64)65)22-20-50(18-16-48)30-44(62)63/h5,7-10,33-34H,3-4,6,11-31H2,1-2H3,(H,47,66)(H,60,61)(H,62,63)(H,64,65)/t33-,34-/m1/s1. The Labute approximate surface area is 395 Å². The number of ketones is 3. The number of carbonyl (C=O) groups excluding carboxylic acids is 7. The van der Waals surface area contributed by atoms with Gasteiger partial charge in [-0.05, 0) is 55.7 Å². The summed E-state index contributed by atoms with van der Waals surface area (Å²) in [4.78, 5) is 135. The maximum absolute atomic E-state index is 14.0. The number of thioether (sulfide) groups is 1. The van der Waals surface area contributed by atoms with Gasteiger partial charge in [-0.1, -0.05) is 24.6 Å². The van der Waals surface area contributed by atoms with Crippen molar-refractivity contribution in [1.82, 2.24) is 34.7 Å². The molecule has 0 unspecified atom stereocenters. The van der Waals surface area contributed by atoms with Crippen LogP contribution in [0.25, 0.3) is 0 Å². The molecule has 1 saturated heterocycles. The minimum Gasteiger partial charge on any atom is -0.480 e. The first kappa shape index (κ1) is 54.3. The molecule has 2 atom stereocenters. The van der Waals surface area contributed by atoms with Crippen LogP contribution in [0, 0.1) is 11.8 Å². The molecule has 1 aromatic rings. The number of hydrogen-bond donors (Lipinski definition) is 4. The van der Waals surface area contributed by atoms with Crippen LogP contribution in [-0.2, 0) is 56.1 Å². The monoisotopic (exact) mass is 955 g/mol. The highest BCUT2D eigenvalue weighted by Crippen LogP contribution is 2.26. The number of aliphatic carboxylic acids is 3. The number of hydrogen-bond acceptors (Lipinski definition) is 15. The number of Topliss-reactive ketones (excluding diaryl/α,β-unsaturated/α-hetero) is 3. The van der Waals surface area contributed by atoms with Crippen molar-refractivity contribution in [1.29, 1.82) is 0 Å². The van der Waals surface area contributed by atoms with Crippen molar-refractivity contribution in [3.8, 4) is 0 Å². The molecular weight excluding hydrogens is 891 g/mol. The summed E-state index contributed by atoms with van der Waals surface area (Å²) in [5.74, 6) is -5.97. The molecule has 4 amide bonds. The van der Waals surface area contributed by atoms with Crippen LogP contribution in [0.3, 0.4) is 0 Å². The minimum atomic E-state index is -1.05. The second-order valence-electron chi connectivity index (χ2n) is 17.3. The van der Waals surface area contributed by atoms with Crippen LogP contribution in [0.5, 0.6) is 0 Å². The Morgan fingerprint density at radius 2 is 1.22 bits per heavy atom. The Hall–Kier alpha value is -5.35. The molecule has 1 aromatic carbocycles. The van der Waals surface area contributed by atoms with Gasteiger partial charge in [0, 0.05) is 114 Å². The third-order valence-electron chi connectivity index (χ3n) is 12.4. The number of amides is 4. The van der Waals surface area contributed by atoms with Gasteiger partial charge in [0.15, 0.2) is 11.6 Å². The molecule has 0 aromatic heterocycles. The molecule has 3 heterocycles. The van der Waals surface area contributed by atoms with Crippen molar-refractivity contribution in [2.45, 2.75) is 58.4 Å². The molecule has 21 heteroatoms. The summed E-state index contributed by atoms with van der Waals surface area (Å²) in [6, 6.07) is 5.31. The number of unbranched alkanes of at least 4 members (excludes halogenated alkanes) is 1. The number of benzene rings is 1. The molecule has 1 fully saturated rings. The predicted octanol–water partition coefficient (Wildman–Crippen LogP) is 0.365. The van der Waals surface area contributed by atoms with Gasteiger partial charge in [-0.15, -0.1) is 0 Å². The second kappa shape index (κ2) is 27.5. The average molecular weight is 956 g/mol. The molecule has 0 saturated carbocycles. The number of carboxylic acids is 3. The summed E-state index contributed by atoms with van der Waals surface area (Å²) in [6.45, 7) is 3.19. The van der Waals surface area contributed by atoms with Gasteiger partial charge in [0.1, 0.15) is 5.78 Å². The van der Waals surface area contributed by atoms with Gasteiger partial charge >= 0.3 is 17.9 Å². The number of rotatable bonds is 25. The van der Waals surface area contributed by atoms with E-state index < -0.39 is 35.7 Å². The van der Waals surface area contributed by atoms with Crippen LogP contribution in [0.1, 0.15) is 66.9 Å². The summed E-state index contributed by atoms with van der Waals surface area (Å²) in [5.41, 5.74) is 2.04. The van der Waals surface area contributed by atoms with E-state index in [9.17, 15) is 63.3 Å². The number of nitrogens with one attached hydrogen (secondary N) is 1. The van der Waals surface area contributed by atoms with Gasteiger partial charge in [0.2, 0.25) is 11.8 Å².